The van der Waals surface area contributed by atoms with E-state index in [4.69, 9.17) is 15.2 Å². The molecule has 1 saturated heterocycles. The lowest BCUT2D eigenvalue weighted by Crippen LogP contribution is -2.38. The van der Waals surface area contributed by atoms with E-state index in [0.29, 0.717) is 41.8 Å². The highest BCUT2D eigenvalue weighted by Gasteiger charge is 2.20. The fourth-order valence-electron chi connectivity index (χ4n) is 3.26. The molecule has 3 heterocycles. The number of urea groups is 1. The number of hydrogen-bond donors (Lipinski definition) is 2. The Morgan fingerprint density at radius 3 is 2.93 bits per heavy atom. The monoisotopic (exact) mass is 432 g/mol. The van der Waals surface area contributed by atoms with Gasteiger partial charge in [-0.1, -0.05) is 24.2 Å². The summed E-state index contributed by atoms with van der Waals surface area (Å²) < 4.78 is 11.8. The minimum atomic E-state index is -0.184. The highest BCUT2D eigenvalue weighted by Crippen LogP contribution is 2.36. The summed E-state index contributed by atoms with van der Waals surface area (Å²) in [6.07, 6.45) is 9.09. The number of nitrogens with one attached hydrogen (secondary N) is 1. The number of carbonyl (C=O) groups is 1. The highest BCUT2D eigenvalue weighted by molar-refractivity contribution is 7.22. The number of pyridine rings is 1. The molecule has 10 heteroatoms. The summed E-state index contributed by atoms with van der Waals surface area (Å²) in [7, 11) is 3.21. The van der Waals surface area contributed by atoms with Crippen LogP contribution >= 0.6 is 11.3 Å². The van der Waals surface area contributed by atoms with E-state index in [2.05, 4.69) is 20.3 Å². The molecule has 2 aromatic heterocycles. The van der Waals surface area contributed by atoms with E-state index in [1.54, 1.807) is 24.4 Å². The van der Waals surface area contributed by atoms with Crippen LogP contribution in [0, 0.1) is 0 Å². The van der Waals surface area contributed by atoms with Crippen molar-refractivity contribution in [1.82, 2.24) is 14.9 Å². The quantitative estimate of drug-likeness (QED) is 0.717. The maximum absolute atomic E-state index is 12.9. The Morgan fingerprint density at radius 2 is 2.17 bits per heavy atom. The van der Waals surface area contributed by atoms with Crippen molar-refractivity contribution in [3.8, 4) is 5.88 Å². The Kier molecular flexibility index (Phi) is 7.97. The van der Waals surface area contributed by atoms with Crippen LogP contribution in [0.5, 0.6) is 5.88 Å². The summed E-state index contributed by atoms with van der Waals surface area (Å²) in [5, 5.41) is 3.40. The number of aliphatic imine (C=N–C) groups is 1. The second-order valence-corrected chi connectivity index (χ2v) is 7.83. The maximum Gasteiger partial charge on any atom is 0.323 e. The molecule has 0 spiro atoms. The SMILES string of the molecule is CN=CC(=CN)c1cnc(OC)c2nc(NC(=O)N3CCCCCCOCC3)sc12. The van der Waals surface area contributed by atoms with Gasteiger partial charge >= 0.3 is 6.03 Å². The molecule has 0 aromatic carbocycles. The first kappa shape index (κ1) is 22.0. The number of amides is 2. The van der Waals surface area contributed by atoms with Crippen molar-refractivity contribution in [2.75, 3.05) is 45.8 Å². The summed E-state index contributed by atoms with van der Waals surface area (Å²) in [4.78, 5) is 27.6. The predicted octanol–water partition coefficient (Wildman–Crippen LogP) is 3.12. The molecule has 1 aliphatic rings. The number of rotatable bonds is 4. The van der Waals surface area contributed by atoms with Gasteiger partial charge in [0.15, 0.2) is 5.13 Å². The van der Waals surface area contributed by atoms with Crippen molar-refractivity contribution in [3.63, 3.8) is 0 Å². The number of allylic oxidation sites excluding steroid dienone is 1. The van der Waals surface area contributed by atoms with Crippen LogP contribution in [-0.4, -0.2) is 67.6 Å². The molecule has 1 fully saturated rings. The van der Waals surface area contributed by atoms with Gasteiger partial charge in [0, 0.05) is 56.5 Å². The van der Waals surface area contributed by atoms with Gasteiger partial charge in [-0.2, -0.15) is 0 Å². The lowest BCUT2D eigenvalue weighted by atomic mass is 10.1. The molecule has 3 N–H and O–H groups in total. The van der Waals surface area contributed by atoms with Crippen molar-refractivity contribution in [3.05, 3.63) is 18.0 Å². The van der Waals surface area contributed by atoms with Crippen molar-refractivity contribution < 1.29 is 14.3 Å². The van der Waals surface area contributed by atoms with E-state index in [-0.39, 0.29) is 6.03 Å². The molecule has 0 atom stereocenters. The molecule has 0 aliphatic carbocycles. The molecule has 2 aromatic rings. The lowest BCUT2D eigenvalue weighted by molar-refractivity contribution is 0.103. The van der Waals surface area contributed by atoms with Gasteiger partial charge in [0.2, 0.25) is 5.88 Å². The fourth-order valence-corrected chi connectivity index (χ4v) is 4.24. The third-order valence-corrected chi connectivity index (χ3v) is 5.81. The average molecular weight is 433 g/mol. The summed E-state index contributed by atoms with van der Waals surface area (Å²) in [5.41, 5.74) is 7.84. The minimum absolute atomic E-state index is 0.184. The molecule has 0 radical (unpaired) electrons. The van der Waals surface area contributed by atoms with Crippen molar-refractivity contribution in [2.24, 2.45) is 10.7 Å². The number of fused-ring (bicyclic) bond motifs is 1. The topological polar surface area (TPSA) is 115 Å². The van der Waals surface area contributed by atoms with Gasteiger partial charge in [-0.15, -0.1) is 0 Å². The second kappa shape index (κ2) is 10.9. The van der Waals surface area contributed by atoms with Crippen LogP contribution in [0.25, 0.3) is 15.8 Å². The Balaban J connectivity index is 1.85. The average Bonchev–Trinajstić information content (AvgIpc) is 3.18. The standard InChI is InChI=1S/C20H28N6O3S/c1-22-12-14(11-21)15-13-23-18(28-2)16-17(15)30-19(24-16)25-20(27)26-7-5-3-4-6-9-29-10-8-26/h11-13H,3-10,21H2,1-2H3,(H,24,25,27). The Hall–Kier alpha value is -2.72. The third-order valence-electron chi connectivity index (χ3n) is 4.81. The van der Waals surface area contributed by atoms with Crippen molar-refractivity contribution >= 4 is 44.5 Å². The Morgan fingerprint density at radius 1 is 1.33 bits per heavy atom. The van der Waals surface area contributed by atoms with Gasteiger partial charge in [-0.05, 0) is 12.8 Å². The second-order valence-electron chi connectivity index (χ2n) is 6.83. The van der Waals surface area contributed by atoms with Crippen LogP contribution in [0.3, 0.4) is 0 Å². The molecular weight excluding hydrogens is 404 g/mol. The largest absolute Gasteiger partial charge is 0.479 e. The zero-order chi connectivity index (χ0) is 21.3. The van der Waals surface area contributed by atoms with E-state index < -0.39 is 0 Å². The van der Waals surface area contributed by atoms with Crippen molar-refractivity contribution in [1.29, 1.82) is 0 Å². The number of nitrogens with two attached hydrogens (primary N) is 1. The number of hydrogen-bond acceptors (Lipinski definition) is 8. The first-order valence-electron chi connectivity index (χ1n) is 9.99. The van der Waals surface area contributed by atoms with Crippen LogP contribution in [0.2, 0.25) is 0 Å². The maximum atomic E-state index is 12.9. The zero-order valence-electron chi connectivity index (χ0n) is 17.4. The van der Waals surface area contributed by atoms with E-state index in [1.807, 2.05) is 0 Å². The number of methoxy groups -OCH3 is 1. The summed E-state index contributed by atoms with van der Waals surface area (Å²) in [6.45, 7) is 2.54. The first-order valence-corrected chi connectivity index (χ1v) is 10.8. The molecule has 162 valence electrons. The molecule has 30 heavy (non-hydrogen) atoms. The molecule has 0 saturated carbocycles. The van der Waals surface area contributed by atoms with Gasteiger partial charge in [-0.25, -0.2) is 14.8 Å². The number of anilines is 1. The number of carbonyl (C=O) groups excluding carboxylic acids is 1. The van der Waals surface area contributed by atoms with Crippen LogP contribution < -0.4 is 15.8 Å². The Labute approximate surface area is 180 Å². The number of aromatic nitrogens is 2. The molecule has 9 nitrogen and oxygen atoms in total. The normalized spacial score (nSPS) is 16.7. The van der Waals surface area contributed by atoms with Gasteiger partial charge in [-0.3, -0.25) is 10.3 Å². The predicted molar refractivity (Wildman–Crippen MR) is 120 cm³/mol. The van der Waals surface area contributed by atoms with Gasteiger partial charge in [0.25, 0.3) is 0 Å². The molecule has 1 aliphatic heterocycles. The van der Waals surface area contributed by atoms with Crippen LogP contribution in [0.4, 0.5) is 9.93 Å². The number of ether oxygens (including phenoxy) is 2. The molecule has 0 bridgehead atoms. The fraction of sp³-hybridized carbons (Fsp3) is 0.500. The lowest BCUT2D eigenvalue weighted by Gasteiger charge is -2.23. The third kappa shape index (κ3) is 5.25. The minimum Gasteiger partial charge on any atom is -0.479 e. The van der Waals surface area contributed by atoms with Gasteiger partial charge in [0.05, 0.1) is 18.4 Å². The highest BCUT2D eigenvalue weighted by atomic mass is 32.1. The van der Waals surface area contributed by atoms with Crippen LogP contribution in [-0.2, 0) is 4.74 Å². The zero-order valence-corrected chi connectivity index (χ0v) is 18.2. The van der Waals surface area contributed by atoms with E-state index in [9.17, 15) is 4.79 Å². The van der Waals surface area contributed by atoms with E-state index in [1.165, 1.54) is 24.6 Å². The summed E-state index contributed by atoms with van der Waals surface area (Å²) >= 11 is 1.35. The van der Waals surface area contributed by atoms with Crippen LogP contribution in [0.1, 0.15) is 31.2 Å². The molecule has 3 rings (SSSR count). The van der Waals surface area contributed by atoms with E-state index in [0.717, 1.165) is 42.6 Å². The van der Waals surface area contributed by atoms with Gasteiger partial charge < -0.3 is 20.1 Å². The van der Waals surface area contributed by atoms with Crippen molar-refractivity contribution in [2.45, 2.75) is 25.7 Å². The smallest absolute Gasteiger partial charge is 0.323 e. The molecular formula is C20H28N6O3S. The number of nitrogens with zero attached hydrogens (tertiary/aromatic N) is 4. The van der Waals surface area contributed by atoms with Crippen LogP contribution in [0.15, 0.2) is 17.4 Å². The first-order chi connectivity index (χ1) is 14.7. The Bertz CT molecular complexity index is 917. The molecule has 2 amide bonds. The summed E-state index contributed by atoms with van der Waals surface area (Å²) in [5.74, 6) is 0.391. The number of thiazole rings is 1. The molecule has 0 unspecified atom stereocenters. The van der Waals surface area contributed by atoms with Gasteiger partial charge in [0.1, 0.15) is 5.52 Å². The summed E-state index contributed by atoms with van der Waals surface area (Å²) in [6, 6.07) is -0.184. The van der Waals surface area contributed by atoms with E-state index >= 15 is 0 Å².